The number of ether oxygens (including phenoxy) is 2. The van der Waals surface area contributed by atoms with E-state index in [1.165, 1.54) is 0 Å². The number of aromatic hydroxyl groups is 1. The van der Waals surface area contributed by atoms with E-state index in [9.17, 15) is 5.11 Å². The highest BCUT2D eigenvalue weighted by atomic mass is 16.7. The minimum atomic E-state index is 0.143. The average molecular weight is 265 g/mol. The van der Waals surface area contributed by atoms with Crippen LogP contribution < -0.4 is 4.74 Å². The molecule has 0 fully saturated rings. The molecule has 0 spiro atoms. The molecule has 4 nitrogen and oxygen atoms in total. The summed E-state index contributed by atoms with van der Waals surface area (Å²) < 4.78 is 16.1. The Balaban J connectivity index is 2.37. The smallest absolute Gasteiger partial charge is 0.320 e. The predicted molar refractivity (Wildman–Crippen MR) is 73.1 cm³/mol. The van der Waals surface area contributed by atoms with Gasteiger partial charge in [-0.05, 0) is 18.6 Å². The van der Waals surface area contributed by atoms with Crippen LogP contribution in [0, 0.1) is 12.8 Å². The second kappa shape index (κ2) is 5.61. The number of phenols is 1. The first-order chi connectivity index (χ1) is 9.04. The Hall–Kier alpha value is -1.55. The van der Waals surface area contributed by atoms with E-state index < -0.39 is 0 Å². The molecule has 0 amide bonds. The highest BCUT2D eigenvalue weighted by Crippen LogP contribution is 2.35. The molecule has 1 heterocycles. The summed E-state index contributed by atoms with van der Waals surface area (Å²) >= 11 is 0. The molecule has 2 rings (SSSR count). The number of aldehydes is 1. The van der Waals surface area contributed by atoms with Crippen LogP contribution in [0.15, 0.2) is 6.07 Å². The molecule has 0 bridgehead atoms. The third-order valence-electron chi connectivity index (χ3n) is 3.49. The van der Waals surface area contributed by atoms with Gasteiger partial charge in [0.05, 0.1) is 6.42 Å². The standard InChI is InChI=1S/C15H20O4/c1-9(2)13-5-11-6-14(19-8-17-4)10(3)15(16)12(11)7-18-13/h6-7,9,13H,5,8H2,1-4H3/p+1. The van der Waals surface area contributed by atoms with Gasteiger partial charge < -0.3 is 14.6 Å². The Morgan fingerprint density at radius 2 is 2.21 bits per heavy atom. The van der Waals surface area contributed by atoms with Gasteiger partial charge in [-0.25, -0.2) is 0 Å². The fraction of sp³-hybridized carbons (Fsp3) is 0.533. The van der Waals surface area contributed by atoms with E-state index >= 15 is 0 Å². The Morgan fingerprint density at radius 1 is 1.47 bits per heavy atom. The molecule has 1 unspecified atom stereocenters. The Labute approximate surface area is 113 Å². The zero-order chi connectivity index (χ0) is 14.0. The monoisotopic (exact) mass is 265 g/mol. The van der Waals surface area contributed by atoms with E-state index in [0.29, 0.717) is 17.2 Å². The number of fused-ring (bicyclic) bond motifs is 1. The van der Waals surface area contributed by atoms with Crippen LogP contribution in [0.4, 0.5) is 0 Å². The van der Waals surface area contributed by atoms with Crippen LogP contribution >= 0.6 is 0 Å². The summed E-state index contributed by atoms with van der Waals surface area (Å²) in [4.78, 5) is 0. The molecule has 0 aromatic heterocycles. The SMILES string of the molecule is COCOc1cc2c(c(O)c1C)C=[O+]C(C(C)C)C2. The van der Waals surface area contributed by atoms with Gasteiger partial charge in [0.15, 0.2) is 6.79 Å². The first kappa shape index (κ1) is 13.9. The third-order valence-corrected chi connectivity index (χ3v) is 3.49. The van der Waals surface area contributed by atoms with Crippen molar-refractivity contribution >= 4 is 6.29 Å². The molecule has 0 saturated carbocycles. The molecule has 0 radical (unpaired) electrons. The van der Waals surface area contributed by atoms with Gasteiger partial charge in [0, 0.05) is 18.6 Å². The van der Waals surface area contributed by atoms with Crippen LogP contribution in [0.1, 0.15) is 35.0 Å². The van der Waals surface area contributed by atoms with Crippen LogP contribution in [-0.4, -0.2) is 31.4 Å². The highest BCUT2D eigenvalue weighted by Gasteiger charge is 2.31. The third kappa shape index (κ3) is 2.73. The van der Waals surface area contributed by atoms with Crippen LogP contribution in [0.5, 0.6) is 11.5 Å². The van der Waals surface area contributed by atoms with Crippen molar-refractivity contribution in [1.29, 1.82) is 0 Å². The highest BCUT2D eigenvalue weighted by molar-refractivity contribution is 5.84. The maximum Gasteiger partial charge on any atom is 0.320 e. The summed E-state index contributed by atoms with van der Waals surface area (Å²) in [6.07, 6.45) is 2.58. The molecule has 1 aromatic rings. The van der Waals surface area contributed by atoms with Crippen molar-refractivity contribution in [2.75, 3.05) is 13.9 Å². The number of benzene rings is 1. The number of hydrogen-bond acceptors (Lipinski definition) is 3. The van der Waals surface area contributed by atoms with E-state index in [1.807, 2.05) is 13.0 Å². The minimum Gasteiger partial charge on any atom is -0.507 e. The van der Waals surface area contributed by atoms with Crippen molar-refractivity contribution in [3.05, 3.63) is 22.8 Å². The molecule has 1 aromatic carbocycles. The van der Waals surface area contributed by atoms with Crippen molar-refractivity contribution in [3.8, 4) is 11.5 Å². The molecule has 4 heteroatoms. The van der Waals surface area contributed by atoms with Gasteiger partial charge in [-0.1, -0.05) is 13.8 Å². The van der Waals surface area contributed by atoms with Crippen molar-refractivity contribution in [1.82, 2.24) is 0 Å². The number of carbonyl (C=O) groups excluding carboxylic acids is 1. The first-order valence-electron chi connectivity index (χ1n) is 6.50. The van der Waals surface area contributed by atoms with Crippen LogP contribution in [0.25, 0.3) is 0 Å². The number of rotatable bonds is 4. The summed E-state index contributed by atoms with van der Waals surface area (Å²) in [5.41, 5.74) is 2.52. The van der Waals surface area contributed by atoms with Crippen molar-refractivity contribution in [3.63, 3.8) is 0 Å². The topological polar surface area (TPSA) is 50.0 Å². The molecular weight excluding hydrogens is 244 g/mol. The number of methoxy groups -OCH3 is 1. The second-order valence-corrected chi connectivity index (χ2v) is 5.21. The lowest BCUT2D eigenvalue weighted by Crippen LogP contribution is -2.22. The van der Waals surface area contributed by atoms with Gasteiger partial charge in [0.1, 0.15) is 17.1 Å². The molecule has 0 saturated heterocycles. The van der Waals surface area contributed by atoms with E-state index in [4.69, 9.17) is 13.9 Å². The Morgan fingerprint density at radius 3 is 2.84 bits per heavy atom. The van der Waals surface area contributed by atoms with Crippen molar-refractivity contribution in [2.24, 2.45) is 5.92 Å². The predicted octanol–water partition coefficient (Wildman–Crippen LogP) is 2.61. The molecule has 1 N–H and O–H groups in total. The van der Waals surface area contributed by atoms with Crippen LogP contribution in [0.2, 0.25) is 0 Å². The Kier molecular flexibility index (Phi) is 4.10. The molecule has 1 aliphatic heterocycles. The lowest BCUT2D eigenvalue weighted by Gasteiger charge is -2.17. The summed E-state index contributed by atoms with van der Waals surface area (Å²) in [5, 5.41) is 10.2. The van der Waals surface area contributed by atoms with E-state index in [2.05, 4.69) is 13.8 Å². The summed E-state index contributed by atoms with van der Waals surface area (Å²) in [5.74, 6) is 1.32. The van der Waals surface area contributed by atoms with Gasteiger partial charge >= 0.3 is 6.29 Å². The molecule has 0 aliphatic carbocycles. The summed E-state index contributed by atoms with van der Waals surface area (Å²) in [6.45, 7) is 6.25. The zero-order valence-electron chi connectivity index (χ0n) is 11.9. The maximum absolute atomic E-state index is 10.2. The molecule has 1 aliphatic rings. The van der Waals surface area contributed by atoms with E-state index in [0.717, 1.165) is 17.5 Å². The van der Waals surface area contributed by atoms with E-state index in [-0.39, 0.29) is 18.6 Å². The van der Waals surface area contributed by atoms with Crippen LogP contribution in [-0.2, 0) is 11.2 Å². The summed E-state index contributed by atoms with van der Waals surface area (Å²) in [6, 6.07) is 1.97. The number of hydrogen-bond donors (Lipinski definition) is 1. The largest absolute Gasteiger partial charge is 0.507 e. The molecule has 1 atom stereocenters. The lowest BCUT2D eigenvalue weighted by molar-refractivity contribution is -0.337. The van der Waals surface area contributed by atoms with E-state index in [1.54, 1.807) is 13.4 Å². The first-order valence-corrected chi connectivity index (χ1v) is 6.50. The van der Waals surface area contributed by atoms with Gasteiger partial charge in [-0.3, -0.25) is 4.42 Å². The molecular formula is C15H21O4+. The molecule has 19 heavy (non-hydrogen) atoms. The average Bonchev–Trinajstić information content (AvgIpc) is 2.40. The molecule has 104 valence electrons. The Bertz CT molecular complexity index is 491. The van der Waals surface area contributed by atoms with Crippen LogP contribution in [0.3, 0.4) is 0 Å². The lowest BCUT2D eigenvalue weighted by atomic mass is 9.92. The number of phenolic OH excluding ortho intramolecular Hbond substituents is 1. The summed E-state index contributed by atoms with van der Waals surface area (Å²) in [7, 11) is 1.57. The minimum absolute atomic E-state index is 0.143. The second-order valence-electron chi connectivity index (χ2n) is 5.21. The fourth-order valence-corrected chi connectivity index (χ4v) is 2.20. The maximum atomic E-state index is 10.2. The quantitative estimate of drug-likeness (QED) is 0.517. The normalized spacial score (nSPS) is 17.6. The zero-order valence-corrected chi connectivity index (χ0v) is 11.9. The van der Waals surface area contributed by atoms with Gasteiger partial charge in [0.2, 0.25) is 0 Å². The van der Waals surface area contributed by atoms with Gasteiger partial charge in [-0.2, -0.15) is 0 Å². The van der Waals surface area contributed by atoms with Gasteiger partial charge in [-0.15, -0.1) is 0 Å². The van der Waals surface area contributed by atoms with Crippen molar-refractivity contribution < 1.29 is 19.0 Å². The van der Waals surface area contributed by atoms with Crippen molar-refractivity contribution in [2.45, 2.75) is 33.3 Å². The van der Waals surface area contributed by atoms with Gasteiger partial charge in [0.25, 0.3) is 6.10 Å². The fourth-order valence-electron chi connectivity index (χ4n) is 2.20.